The highest BCUT2D eigenvalue weighted by atomic mass is 35.5. The average molecular weight is 278 g/mol. The zero-order chi connectivity index (χ0) is 14.0. The van der Waals surface area contributed by atoms with Crippen LogP contribution in [-0.2, 0) is 0 Å². The first-order chi connectivity index (χ1) is 9.02. The van der Waals surface area contributed by atoms with Gasteiger partial charge in [-0.25, -0.2) is 4.39 Å². The van der Waals surface area contributed by atoms with Crippen molar-refractivity contribution in [2.45, 2.75) is 19.9 Å². The van der Waals surface area contributed by atoms with Crippen LogP contribution in [0.25, 0.3) is 0 Å². The van der Waals surface area contributed by atoms with Crippen molar-refractivity contribution >= 4 is 11.6 Å². The quantitative estimate of drug-likeness (QED) is 0.876. The molecule has 1 atom stereocenters. The average Bonchev–Trinajstić information content (AvgIpc) is 2.38. The van der Waals surface area contributed by atoms with E-state index in [9.17, 15) is 4.39 Å². The number of rotatable bonds is 3. The molecule has 0 heterocycles. The topological polar surface area (TPSA) is 12.0 Å². The van der Waals surface area contributed by atoms with Crippen LogP contribution in [0.2, 0.25) is 5.02 Å². The Morgan fingerprint density at radius 3 is 2.47 bits per heavy atom. The van der Waals surface area contributed by atoms with E-state index in [0.29, 0.717) is 10.6 Å². The van der Waals surface area contributed by atoms with E-state index < -0.39 is 0 Å². The van der Waals surface area contributed by atoms with Gasteiger partial charge in [0.05, 0.1) is 6.04 Å². The Bertz CT molecular complexity index is 544. The van der Waals surface area contributed by atoms with Gasteiger partial charge in [0.15, 0.2) is 0 Å². The lowest BCUT2D eigenvalue weighted by Crippen LogP contribution is -2.20. The Morgan fingerprint density at radius 2 is 1.79 bits per heavy atom. The second-order valence-electron chi connectivity index (χ2n) is 4.75. The minimum Gasteiger partial charge on any atom is -0.309 e. The van der Waals surface area contributed by atoms with Crippen LogP contribution in [0.5, 0.6) is 0 Å². The third-order valence-electron chi connectivity index (χ3n) is 3.30. The van der Waals surface area contributed by atoms with E-state index in [0.717, 1.165) is 16.7 Å². The first-order valence-corrected chi connectivity index (χ1v) is 6.60. The Morgan fingerprint density at radius 1 is 1.05 bits per heavy atom. The number of aryl methyl sites for hydroxylation is 2. The van der Waals surface area contributed by atoms with Crippen LogP contribution in [0, 0.1) is 19.7 Å². The van der Waals surface area contributed by atoms with Gasteiger partial charge >= 0.3 is 0 Å². The maximum Gasteiger partial charge on any atom is 0.128 e. The fourth-order valence-corrected chi connectivity index (χ4v) is 2.47. The van der Waals surface area contributed by atoms with Crippen molar-refractivity contribution in [1.82, 2.24) is 5.32 Å². The third-order valence-corrected chi connectivity index (χ3v) is 3.54. The van der Waals surface area contributed by atoms with E-state index in [1.165, 1.54) is 6.07 Å². The van der Waals surface area contributed by atoms with Gasteiger partial charge in [-0.1, -0.05) is 35.4 Å². The SMILES string of the molecule is CNC(c1cc(Cl)ccc1C)c1cc(C)ccc1F. The summed E-state index contributed by atoms with van der Waals surface area (Å²) in [5.74, 6) is -0.204. The van der Waals surface area contributed by atoms with Crippen LogP contribution in [0.4, 0.5) is 4.39 Å². The number of benzene rings is 2. The van der Waals surface area contributed by atoms with Crippen molar-refractivity contribution in [3.63, 3.8) is 0 Å². The van der Waals surface area contributed by atoms with Gasteiger partial charge in [0.2, 0.25) is 0 Å². The molecule has 0 radical (unpaired) electrons. The molecule has 0 spiro atoms. The molecular formula is C16H17ClFN. The minimum absolute atomic E-state index is 0.196. The summed E-state index contributed by atoms with van der Waals surface area (Å²) in [6.07, 6.45) is 0. The van der Waals surface area contributed by atoms with Gasteiger partial charge in [0.25, 0.3) is 0 Å². The molecule has 0 aromatic heterocycles. The van der Waals surface area contributed by atoms with Crippen molar-refractivity contribution in [2.75, 3.05) is 7.05 Å². The third kappa shape index (κ3) is 2.96. The fourth-order valence-electron chi connectivity index (χ4n) is 2.29. The lowest BCUT2D eigenvalue weighted by atomic mass is 9.94. The largest absolute Gasteiger partial charge is 0.309 e. The first kappa shape index (κ1) is 14.0. The maximum absolute atomic E-state index is 14.1. The molecule has 100 valence electrons. The predicted molar refractivity (Wildman–Crippen MR) is 78.2 cm³/mol. The van der Waals surface area contributed by atoms with Crippen LogP contribution < -0.4 is 5.32 Å². The molecular weight excluding hydrogens is 261 g/mol. The van der Waals surface area contributed by atoms with E-state index in [1.807, 2.05) is 45.2 Å². The van der Waals surface area contributed by atoms with E-state index in [-0.39, 0.29) is 11.9 Å². The summed E-state index contributed by atoms with van der Waals surface area (Å²) < 4.78 is 14.1. The molecule has 0 bridgehead atoms. The monoisotopic (exact) mass is 277 g/mol. The summed E-state index contributed by atoms with van der Waals surface area (Å²) >= 11 is 6.05. The highest BCUT2D eigenvalue weighted by molar-refractivity contribution is 6.30. The Hall–Kier alpha value is -1.38. The van der Waals surface area contributed by atoms with Gasteiger partial charge in [0.1, 0.15) is 5.82 Å². The second kappa shape index (κ2) is 5.72. The van der Waals surface area contributed by atoms with Crippen LogP contribution in [-0.4, -0.2) is 7.05 Å². The summed E-state index contributed by atoms with van der Waals surface area (Å²) in [6.45, 7) is 3.96. The molecule has 0 saturated heterocycles. The number of hydrogen-bond donors (Lipinski definition) is 1. The molecule has 0 saturated carbocycles. The van der Waals surface area contributed by atoms with Crippen LogP contribution in [0.3, 0.4) is 0 Å². The van der Waals surface area contributed by atoms with Crippen molar-refractivity contribution in [2.24, 2.45) is 0 Å². The predicted octanol–water partition coefficient (Wildman–Crippen LogP) is 4.40. The van der Waals surface area contributed by atoms with E-state index >= 15 is 0 Å². The van der Waals surface area contributed by atoms with E-state index in [1.54, 1.807) is 6.07 Å². The normalized spacial score (nSPS) is 12.5. The molecule has 0 fully saturated rings. The molecule has 0 aliphatic heterocycles. The van der Waals surface area contributed by atoms with Crippen molar-refractivity contribution < 1.29 is 4.39 Å². The van der Waals surface area contributed by atoms with Crippen molar-refractivity contribution in [1.29, 1.82) is 0 Å². The first-order valence-electron chi connectivity index (χ1n) is 6.22. The molecule has 0 amide bonds. The lowest BCUT2D eigenvalue weighted by Gasteiger charge is -2.20. The Kier molecular flexibility index (Phi) is 4.23. The molecule has 1 nitrogen and oxygen atoms in total. The van der Waals surface area contributed by atoms with Crippen LogP contribution >= 0.6 is 11.6 Å². The molecule has 2 aromatic carbocycles. The van der Waals surface area contributed by atoms with E-state index in [4.69, 9.17) is 11.6 Å². The molecule has 19 heavy (non-hydrogen) atoms. The summed E-state index contributed by atoms with van der Waals surface area (Å²) in [7, 11) is 1.83. The van der Waals surface area contributed by atoms with Gasteiger partial charge in [-0.2, -0.15) is 0 Å². The molecule has 1 unspecified atom stereocenters. The fraction of sp³-hybridized carbons (Fsp3) is 0.250. The zero-order valence-electron chi connectivity index (χ0n) is 11.3. The van der Waals surface area contributed by atoms with E-state index in [2.05, 4.69) is 5.32 Å². The van der Waals surface area contributed by atoms with Crippen LogP contribution in [0.1, 0.15) is 28.3 Å². The second-order valence-corrected chi connectivity index (χ2v) is 5.18. The smallest absolute Gasteiger partial charge is 0.128 e. The molecule has 2 rings (SSSR count). The van der Waals surface area contributed by atoms with Crippen molar-refractivity contribution in [3.8, 4) is 0 Å². The highest BCUT2D eigenvalue weighted by Gasteiger charge is 2.18. The summed E-state index contributed by atoms with van der Waals surface area (Å²) in [4.78, 5) is 0. The van der Waals surface area contributed by atoms with Gasteiger partial charge in [-0.05, 0) is 50.2 Å². The zero-order valence-corrected chi connectivity index (χ0v) is 12.1. The van der Waals surface area contributed by atoms with Gasteiger partial charge in [-0.15, -0.1) is 0 Å². The molecule has 1 N–H and O–H groups in total. The molecule has 0 aliphatic rings. The minimum atomic E-state index is -0.204. The number of nitrogens with one attached hydrogen (secondary N) is 1. The number of halogens is 2. The van der Waals surface area contributed by atoms with Gasteiger partial charge in [-0.3, -0.25) is 0 Å². The van der Waals surface area contributed by atoms with Crippen LogP contribution in [0.15, 0.2) is 36.4 Å². The summed E-state index contributed by atoms with van der Waals surface area (Å²) in [6, 6.07) is 10.6. The summed E-state index contributed by atoms with van der Waals surface area (Å²) in [5.41, 5.74) is 3.77. The maximum atomic E-state index is 14.1. The Labute approximate surface area is 118 Å². The molecule has 0 aliphatic carbocycles. The molecule has 2 aromatic rings. The standard InChI is InChI=1S/C16H17ClFN/c1-10-4-7-15(18)14(8-10)16(19-3)13-9-12(17)6-5-11(13)2/h4-9,16,19H,1-3H3. The number of hydrogen-bond acceptors (Lipinski definition) is 1. The lowest BCUT2D eigenvalue weighted by molar-refractivity contribution is 0.574. The van der Waals surface area contributed by atoms with Gasteiger partial charge in [0, 0.05) is 10.6 Å². The van der Waals surface area contributed by atoms with Gasteiger partial charge < -0.3 is 5.32 Å². The van der Waals surface area contributed by atoms with Crippen molar-refractivity contribution in [3.05, 3.63) is 69.5 Å². The molecule has 3 heteroatoms. The highest BCUT2D eigenvalue weighted by Crippen LogP contribution is 2.29. The summed E-state index contributed by atoms with van der Waals surface area (Å²) in [5, 5.41) is 3.83. The Balaban J connectivity index is 2.55.